The predicted molar refractivity (Wildman–Crippen MR) is 68.5 cm³/mol. The Morgan fingerprint density at radius 3 is 1.67 bits per heavy atom. The van der Waals surface area contributed by atoms with Crippen LogP contribution in [0.15, 0.2) is 0 Å². The third kappa shape index (κ3) is 14.2. The summed E-state index contributed by atoms with van der Waals surface area (Å²) < 4.78 is 5.07. The largest absolute Gasteiger partial charge is 0.366 e. The number of rotatable bonds is 12. The van der Waals surface area contributed by atoms with Gasteiger partial charge < -0.3 is 4.74 Å². The van der Waals surface area contributed by atoms with Gasteiger partial charge in [0, 0.05) is 6.61 Å². The Labute approximate surface area is 101 Å². The first-order valence-corrected chi connectivity index (χ1v) is 7.09. The van der Waals surface area contributed by atoms with Crippen LogP contribution in [0.5, 0.6) is 0 Å². The molecule has 0 aliphatic heterocycles. The average Bonchev–Trinajstić information content (AvgIpc) is 2.26. The molecule has 0 spiro atoms. The van der Waals surface area contributed by atoms with Crippen LogP contribution < -0.4 is 0 Å². The van der Waals surface area contributed by atoms with Crippen molar-refractivity contribution in [1.29, 1.82) is 0 Å². The average molecular weight is 235 g/mol. The van der Waals surface area contributed by atoms with Gasteiger partial charge in [-0.05, 0) is 6.42 Å². The molecule has 2 heteroatoms. The van der Waals surface area contributed by atoms with Crippen LogP contribution >= 0.6 is 11.6 Å². The molecule has 0 amide bonds. The summed E-state index contributed by atoms with van der Waals surface area (Å²) in [6.45, 7) is 3.10. The SMILES string of the molecule is CCCCCCCCCCCCOCCl. The summed E-state index contributed by atoms with van der Waals surface area (Å²) >= 11 is 5.40. The molecule has 0 atom stereocenters. The first-order chi connectivity index (χ1) is 7.41. The van der Waals surface area contributed by atoms with Gasteiger partial charge in [-0.2, -0.15) is 0 Å². The summed E-state index contributed by atoms with van der Waals surface area (Å²) in [5.41, 5.74) is 0. The number of unbranched alkanes of at least 4 members (excludes halogenated alkanes) is 9. The van der Waals surface area contributed by atoms with Crippen molar-refractivity contribution in [2.75, 3.05) is 12.7 Å². The van der Waals surface area contributed by atoms with Crippen LogP contribution in [0.4, 0.5) is 0 Å². The highest BCUT2D eigenvalue weighted by molar-refractivity contribution is 6.17. The molecule has 0 saturated heterocycles. The lowest BCUT2D eigenvalue weighted by atomic mass is 10.1. The lowest BCUT2D eigenvalue weighted by molar-refractivity contribution is 0.173. The minimum atomic E-state index is 0.345. The van der Waals surface area contributed by atoms with Gasteiger partial charge in [0.25, 0.3) is 0 Å². The minimum absolute atomic E-state index is 0.345. The van der Waals surface area contributed by atoms with Crippen molar-refractivity contribution in [1.82, 2.24) is 0 Å². The number of hydrogen-bond donors (Lipinski definition) is 0. The van der Waals surface area contributed by atoms with E-state index in [0.717, 1.165) is 6.61 Å². The molecule has 0 saturated carbocycles. The van der Waals surface area contributed by atoms with Crippen molar-refractivity contribution in [3.05, 3.63) is 0 Å². The summed E-state index contributed by atoms with van der Waals surface area (Å²) in [6, 6.07) is 0.345. The Hall–Kier alpha value is 0.250. The molecule has 15 heavy (non-hydrogen) atoms. The molecule has 0 N–H and O–H groups in total. The smallest absolute Gasteiger partial charge is 0.120 e. The quantitative estimate of drug-likeness (QED) is 0.336. The van der Waals surface area contributed by atoms with E-state index in [1.54, 1.807) is 0 Å². The van der Waals surface area contributed by atoms with Crippen LogP contribution in [0.2, 0.25) is 0 Å². The molecule has 0 aliphatic rings. The van der Waals surface area contributed by atoms with Crippen molar-refractivity contribution >= 4 is 11.6 Å². The standard InChI is InChI=1S/C13H27ClO/c1-2-3-4-5-6-7-8-9-10-11-12-15-13-14/h2-13H2,1H3. The summed E-state index contributed by atoms with van der Waals surface area (Å²) in [5.74, 6) is 0. The molecule has 0 aromatic carbocycles. The molecule has 0 radical (unpaired) electrons. The van der Waals surface area contributed by atoms with Crippen molar-refractivity contribution in [2.24, 2.45) is 0 Å². The molecule has 1 nitrogen and oxygen atoms in total. The Balaban J connectivity index is 2.81. The number of halogens is 1. The summed E-state index contributed by atoms with van der Waals surface area (Å²) in [7, 11) is 0. The van der Waals surface area contributed by atoms with Crippen molar-refractivity contribution in [2.45, 2.75) is 71.1 Å². The van der Waals surface area contributed by atoms with Crippen molar-refractivity contribution in [3.8, 4) is 0 Å². The Morgan fingerprint density at radius 2 is 1.20 bits per heavy atom. The first-order valence-electron chi connectivity index (χ1n) is 6.55. The van der Waals surface area contributed by atoms with E-state index in [0.29, 0.717) is 6.07 Å². The van der Waals surface area contributed by atoms with Crippen LogP contribution in [-0.2, 0) is 4.74 Å². The lowest BCUT2D eigenvalue weighted by Crippen LogP contribution is -1.91. The van der Waals surface area contributed by atoms with Gasteiger partial charge in [-0.25, -0.2) is 0 Å². The van der Waals surface area contributed by atoms with E-state index in [-0.39, 0.29) is 0 Å². The maximum atomic E-state index is 5.40. The fourth-order valence-corrected chi connectivity index (χ4v) is 1.86. The highest BCUT2D eigenvalue weighted by Gasteiger charge is 1.92. The summed E-state index contributed by atoms with van der Waals surface area (Å²) in [6.07, 6.45) is 13.7. The molecule has 0 unspecified atom stereocenters. The Kier molecular flexibility index (Phi) is 14.5. The van der Waals surface area contributed by atoms with E-state index >= 15 is 0 Å². The molecule has 92 valence electrons. The highest BCUT2D eigenvalue weighted by atomic mass is 35.5. The predicted octanol–water partition coefficient (Wildman–Crippen LogP) is 5.12. The van der Waals surface area contributed by atoms with Crippen LogP contribution in [0.3, 0.4) is 0 Å². The molecular weight excluding hydrogens is 208 g/mol. The zero-order valence-corrected chi connectivity index (χ0v) is 11.0. The van der Waals surface area contributed by atoms with Gasteiger partial charge in [-0.3, -0.25) is 0 Å². The molecule has 0 rings (SSSR count). The highest BCUT2D eigenvalue weighted by Crippen LogP contribution is 2.10. The number of alkyl halides is 1. The van der Waals surface area contributed by atoms with Gasteiger partial charge in [0.05, 0.1) is 0 Å². The van der Waals surface area contributed by atoms with Crippen LogP contribution in [0.25, 0.3) is 0 Å². The monoisotopic (exact) mass is 234 g/mol. The molecule has 0 aromatic heterocycles. The van der Waals surface area contributed by atoms with E-state index in [4.69, 9.17) is 16.3 Å². The van der Waals surface area contributed by atoms with E-state index in [2.05, 4.69) is 6.92 Å². The van der Waals surface area contributed by atoms with Gasteiger partial charge in [-0.1, -0.05) is 76.3 Å². The fourth-order valence-electron chi connectivity index (χ4n) is 1.75. The Bertz CT molecular complexity index is 94.7. The Morgan fingerprint density at radius 1 is 0.733 bits per heavy atom. The maximum absolute atomic E-state index is 5.40. The van der Waals surface area contributed by atoms with Crippen LogP contribution in [-0.4, -0.2) is 12.7 Å². The van der Waals surface area contributed by atoms with Gasteiger partial charge in [0.15, 0.2) is 0 Å². The third-order valence-electron chi connectivity index (χ3n) is 2.72. The van der Waals surface area contributed by atoms with Gasteiger partial charge in [-0.15, -0.1) is 0 Å². The third-order valence-corrected chi connectivity index (χ3v) is 2.87. The molecule has 0 aromatic rings. The normalized spacial score (nSPS) is 10.8. The van der Waals surface area contributed by atoms with Crippen LogP contribution in [0.1, 0.15) is 71.1 Å². The molecule has 0 fully saturated rings. The number of hydrogen-bond acceptors (Lipinski definition) is 1. The second kappa shape index (κ2) is 14.2. The first kappa shape index (κ1) is 15.2. The van der Waals surface area contributed by atoms with Gasteiger partial charge in [0.2, 0.25) is 0 Å². The molecule has 0 aliphatic carbocycles. The van der Waals surface area contributed by atoms with E-state index in [9.17, 15) is 0 Å². The van der Waals surface area contributed by atoms with Crippen molar-refractivity contribution < 1.29 is 4.74 Å². The van der Waals surface area contributed by atoms with Crippen molar-refractivity contribution in [3.63, 3.8) is 0 Å². The zero-order chi connectivity index (χ0) is 11.2. The van der Waals surface area contributed by atoms with E-state index in [1.165, 1.54) is 64.2 Å². The van der Waals surface area contributed by atoms with E-state index in [1.807, 2.05) is 0 Å². The maximum Gasteiger partial charge on any atom is 0.120 e. The fraction of sp³-hybridized carbons (Fsp3) is 1.00. The molecule has 0 heterocycles. The second-order valence-electron chi connectivity index (χ2n) is 4.20. The minimum Gasteiger partial charge on any atom is -0.366 e. The van der Waals surface area contributed by atoms with Crippen LogP contribution in [0, 0.1) is 0 Å². The van der Waals surface area contributed by atoms with Gasteiger partial charge in [0.1, 0.15) is 6.07 Å². The van der Waals surface area contributed by atoms with E-state index < -0.39 is 0 Å². The molecular formula is C13H27ClO. The zero-order valence-electron chi connectivity index (χ0n) is 10.3. The second-order valence-corrected chi connectivity index (χ2v) is 4.42. The van der Waals surface area contributed by atoms with Gasteiger partial charge >= 0.3 is 0 Å². The summed E-state index contributed by atoms with van der Waals surface area (Å²) in [5, 5.41) is 0. The molecule has 0 bridgehead atoms. The summed E-state index contributed by atoms with van der Waals surface area (Å²) in [4.78, 5) is 0. The number of ether oxygens (including phenoxy) is 1. The lowest BCUT2D eigenvalue weighted by Gasteiger charge is -2.02. The topological polar surface area (TPSA) is 9.23 Å².